The Bertz CT molecular complexity index is 663. The fourth-order valence-corrected chi connectivity index (χ4v) is 2.51. The van der Waals surface area contributed by atoms with Crippen molar-refractivity contribution in [2.45, 2.75) is 31.0 Å². The quantitative estimate of drug-likeness (QED) is 0.741. The monoisotopic (exact) mass is 331 g/mol. The number of ether oxygens (including phenoxy) is 1. The van der Waals surface area contributed by atoms with Crippen molar-refractivity contribution in [3.63, 3.8) is 0 Å². The molecule has 7 heteroatoms. The third-order valence-corrected chi connectivity index (χ3v) is 4.00. The van der Waals surface area contributed by atoms with Crippen LogP contribution in [0.1, 0.15) is 18.4 Å². The summed E-state index contributed by atoms with van der Waals surface area (Å²) in [7, 11) is 1.44. The van der Waals surface area contributed by atoms with Crippen molar-refractivity contribution in [1.29, 1.82) is 0 Å². The lowest BCUT2D eigenvalue weighted by Crippen LogP contribution is -2.54. The zero-order valence-electron chi connectivity index (χ0n) is 11.6. The van der Waals surface area contributed by atoms with E-state index >= 15 is 0 Å². The predicted molar refractivity (Wildman–Crippen MR) is 75.2 cm³/mol. The number of halogens is 4. The molecule has 0 spiro atoms. The highest BCUT2D eigenvalue weighted by Gasteiger charge is 2.61. The standard InChI is InChI=1S/C15H13ClF3NO2/c1-20-12-5-4-10(16)8-11(12)14(15(17,18)19,22-13(20)21)7-6-9-2-3-9/h4-5,8-9,13,21H,2-3H2,1H3. The molecular formula is C15H13ClF3NO2. The summed E-state index contributed by atoms with van der Waals surface area (Å²) in [5, 5.41) is 10.0. The van der Waals surface area contributed by atoms with Crippen molar-refractivity contribution >= 4 is 17.3 Å². The molecule has 0 aromatic heterocycles. The van der Waals surface area contributed by atoms with Gasteiger partial charge in [-0.05, 0) is 31.0 Å². The Kier molecular flexibility index (Phi) is 3.55. The van der Waals surface area contributed by atoms with Crippen LogP contribution in [-0.2, 0) is 10.3 Å². The average molecular weight is 332 g/mol. The first-order chi connectivity index (χ1) is 10.2. The summed E-state index contributed by atoms with van der Waals surface area (Å²) in [6.07, 6.45) is -4.99. The molecule has 22 heavy (non-hydrogen) atoms. The highest BCUT2D eigenvalue weighted by molar-refractivity contribution is 6.30. The van der Waals surface area contributed by atoms with Gasteiger partial charge in [0, 0.05) is 29.2 Å². The summed E-state index contributed by atoms with van der Waals surface area (Å²) >= 11 is 5.86. The van der Waals surface area contributed by atoms with E-state index in [1.54, 1.807) is 0 Å². The Morgan fingerprint density at radius 2 is 2.09 bits per heavy atom. The lowest BCUT2D eigenvalue weighted by molar-refractivity contribution is -0.303. The molecule has 1 aliphatic carbocycles. The number of anilines is 1. The average Bonchev–Trinajstić information content (AvgIpc) is 3.24. The summed E-state index contributed by atoms with van der Waals surface area (Å²) in [6, 6.07) is 4.07. The number of aliphatic hydroxyl groups excluding tert-OH is 1. The highest BCUT2D eigenvalue weighted by Crippen LogP contribution is 2.50. The maximum absolute atomic E-state index is 13.8. The van der Waals surface area contributed by atoms with Crippen LogP contribution < -0.4 is 4.90 Å². The first kappa shape index (κ1) is 15.5. The lowest BCUT2D eigenvalue weighted by atomic mass is 9.89. The second kappa shape index (κ2) is 5.05. The van der Waals surface area contributed by atoms with Crippen LogP contribution >= 0.6 is 11.6 Å². The predicted octanol–water partition coefficient (Wildman–Crippen LogP) is 3.25. The van der Waals surface area contributed by atoms with E-state index < -0.39 is 18.2 Å². The molecule has 0 saturated heterocycles. The number of hydrogen-bond acceptors (Lipinski definition) is 3. The van der Waals surface area contributed by atoms with E-state index in [-0.39, 0.29) is 22.2 Å². The normalized spacial score (nSPS) is 27.9. The highest BCUT2D eigenvalue weighted by atomic mass is 35.5. The van der Waals surface area contributed by atoms with E-state index in [0.717, 1.165) is 12.8 Å². The van der Waals surface area contributed by atoms with E-state index in [0.29, 0.717) is 0 Å². The summed E-state index contributed by atoms with van der Waals surface area (Å²) in [5.74, 6) is 4.79. The van der Waals surface area contributed by atoms with E-state index in [4.69, 9.17) is 16.3 Å². The van der Waals surface area contributed by atoms with Crippen molar-refractivity contribution < 1.29 is 23.0 Å². The van der Waals surface area contributed by atoms with Gasteiger partial charge in [0.2, 0.25) is 6.41 Å². The number of alkyl halides is 3. The minimum Gasteiger partial charge on any atom is -0.351 e. The van der Waals surface area contributed by atoms with Gasteiger partial charge in [0.15, 0.2) is 0 Å². The fraction of sp³-hybridized carbons (Fsp3) is 0.467. The second-order valence-electron chi connectivity index (χ2n) is 5.44. The molecule has 3 nitrogen and oxygen atoms in total. The molecule has 0 bridgehead atoms. The maximum Gasteiger partial charge on any atom is 0.433 e. The molecule has 1 aromatic carbocycles. The van der Waals surface area contributed by atoms with Crippen LogP contribution in [-0.4, -0.2) is 24.7 Å². The topological polar surface area (TPSA) is 32.7 Å². The van der Waals surface area contributed by atoms with Crippen LogP contribution in [0.4, 0.5) is 18.9 Å². The van der Waals surface area contributed by atoms with Gasteiger partial charge in [-0.15, -0.1) is 0 Å². The van der Waals surface area contributed by atoms with Crippen molar-refractivity contribution in [2.24, 2.45) is 5.92 Å². The minimum atomic E-state index is -4.81. The number of fused-ring (bicyclic) bond motifs is 1. The first-order valence-corrected chi connectivity index (χ1v) is 7.10. The molecule has 0 radical (unpaired) electrons. The molecule has 2 atom stereocenters. The number of aliphatic hydroxyl groups is 1. The molecule has 1 fully saturated rings. The van der Waals surface area contributed by atoms with Gasteiger partial charge >= 0.3 is 6.18 Å². The Morgan fingerprint density at radius 3 is 2.68 bits per heavy atom. The van der Waals surface area contributed by atoms with Gasteiger partial charge in [0.25, 0.3) is 5.60 Å². The summed E-state index contributed by atoms with van der Waals surface area (Å²) in [4.78, 5) is 1.20. The molecule has 1 aromatic rings. The number of benzene rings is 1. The minimum absolute atomic E-state index is 0.0396. The van der Waals surface area contributed by atoms with E-state index in [2.05, 4.69) is 11.8 Å². The Balaban J connectivity index is 2.23. The summed E-state index contributed by atoms with van der Waals surface area (Å²) in [5.41, 5.74) is -2.89. The SMILES string of the molecule is CN1c2ccc(Cl)cc2C(C#CC2CC2)(C(F)(F)F)OC1O. The van der Waals surface area contributed by atoms with Crippen LogP contribution in [0.5, 0.6) is 0 Å². The van der Waals surface area contributed by atoms with Gasteiger partial charge in [0.1, 0.15) is 0 Å². The van der Waals surface area contributed by atoms with Crippen LogP contribution in [0.15, 0.2) is 18.2 Å². The van der Waals surface area contributed by atoms with Crippen LogP contribution in [0.2, 0.25) is 5.02 Å². The zero-order chi connectivity index (χ0) is 16.1. The molecule has 0 amide bonds. The third-order valence-electron chi connectivity index (χ3n) is 3.76. The molecule has 1 N–H and O–H groups in total. The number of nitrogens with zero attached hydrogens (tertiary/aromatic N) is 1. The Morgan fingerprint density at radius 1 is 1.41 bits per heavy atom. The van der Waals surface area contributed by atoms with Gasteiger partial charge in [-0.2, -0.15) is 13.2 Å². The largest absolute Gasteiger partial charge is 0.433 e. The molecule has 1 heterocycles. The van der Waals surface area contributed by atoms with E-state index in [9.17, 15) is 18.3 Å². The van der Waals surface area contributed by atoms with Crippen molar-refractivity contribution in [1.82, 2.24) is 0 Å². The smallest absolute Gasteiger partial charge is 0.351 e. The maximum atomic E-state index is 13.8. The Labute approximate surface area is 130 Å². The molecule has 1 aliphatic heterocycles. The zero-order valence-corrected chi connectivity index (χ0v) is 12.4. The van der Waals surface area contributed by atoms with Crippen LogP contribution in [0, 0.1) is 17.8 Å². The van der Waals surface area contributed by atoms with Crippen molar-refractivity contribution in [2.75, 3.05) is 11.9 Å². The Hall–Kier alpha value is -1.42. The lowest BCUT2D eigenvalue weighted by Gasteiger charge is -2.43. The van der Waals surface area contributed by atoms with Gasteiger partial charge in [-0.25, -0.2) is 0 Å². The van der Waals surface area contributed by atoms with Gasteiger partial charge in [-0.1, -0.05) is 23.4 Å². The van der Waals surface area contributed by atoms with Crippen LogP contribution in [0.3, 0.4) is 0 Å². The van der Waals surface area contributed by atoms with E-state index in [1.807, 2.05) is 0 Å². The van der Waals surface area contributed by atoms with Gasteiger partial charge in [0.05, 0.1) is 0 Å². The molecule has 2 unspecified atom stereocenters. The molecule has 1 saturated carbocycles. The van der Waals surface area contributed by atoms with Gasteiger partial charge < -0.3 is 14.7 Å². The molecule has 118 valence electrons. The van der Waals surface area contributed by atoms with E-state index in [1.165, 1.54) is 30.1 Å². The molecular weight excluding hydrogens is 319 g/mol. The summed E-state index contributed by atoms with van der Waals surface area (Å²) < 4.78 is 46.3. The number of rotatable bonds is 0. The fourth-order valence-electron chi connectivity index (χ4n) is 2.34. The molecule has 2 aliphatic rings. The van der Waals surface area contributed by atoms with Crippen molar-refractivity contribution in [3.8, 4) is 11.8 Å². The molecule has 3 rings (SSSR count). The van der Waals surface area contributed by atoms with Gasteiger partial charge in [-0.3, -0.25) is 0 Å². The number of hydrogen-bond donors (Lipinski definition) is 1. The first-order valence-electron chi connectivity index (χ1n) is 6.73. The van der Waals surface area contributed by atoms with Crippen LogP contribution in [0.25, 0.3) is 0 Å². The van der Waals surface area contributed by atoms with Crippen molar-refractivity contribution in [3.05, 3.63) is 28.8 Å². The summed E-state index contributed by atoms with van der Waals surface area (Å²) in [6.45, 7) is 0. The third kappa shape index (κ3) is 2.43. The second-order valence-corrected chi connectivity index (χ2v) is 5.88.